The van der Waals surface area contributed by atoms with Crippen LogP contribution in [0.5, 0.6) is 11.5 Å². The quantitative estimate of drug-likeness (QED) is 0.626. The summed E-state index contributed by atoms with van der Waals surface area (Å²) in [6.45, 7) is 1.97. The molecular weight excluding hydrogens is 178 g/mol. The molecule has 1 atom stereocenters. The fraction of sp³-hybridized carbons (Fsp3) is 0.455. The van der Waals surface area contributed by atoms with Crippen LogP contribution in [0.25, 0.3) is 0 Å². The summed E-state index contributed by atoms with van der Waals surface area (Å²) in [4.78, 5) is 0. The van der Waals surface area contributed by atoms with Crippen LogP contribution in [0.1, 0.15) is 25.3 Å². The standard InChI is InChI=1S/C11H15NO2/c1-11(12,7-2-3-7)8-4-5-9(13)10(14)6-8/h4-7,13-14H,2-3,12H2,1H3. The molecule has 1 fully saturated rings. The van der Waals surface area contributed by atoms with E-state index >= 15 is 0 Å². The highest BCUT2D eigenvalue weighted by atomic mass is 16.3. The molecule has 1 aliphatic carbocycles. The number of benzene rings is 1. The smallest absolute Gasteiger partial charge is 0.157 e. The lowest BCUT2D eigenvalue weighted by molar-refractivity contribution is 0.393. The molecule has 0 amide bonds. The lowest BCUT2D eigenvalue weighted by atomic mass is 9.88. The van der Waals surface area contributed by atoms with Gasteiger partial charge >= 0.3 is 0 Å². The van der Waals surface area contributed by atoms with Gasteiger partial charge in [0, 0.05) is 5.54 Å². The van der Waals surface area contributed by atoms with Crippen LogP contribution in [0, 0.1) is 5.92 Å². The van der Waals surface area contributed by atoms with E-state index in [9.17, 15) is 10.2 Å². The number of aromatic hydroxyl groups is 2. The number of phenols is 2. The van der Waals surface area contributed by atoms with E-state index in [-0.39, 0.29) is 17.0 Å². The number of hydrogen-bond donors (Lipinski definition) is 3. The van der Waals surface area contributed by atoms with Gasteiger partial charge in [0.1, 0.15) is 0 Å². The molecule has 76 valence electrons. The zero-order chi connectivity index (χ0) is 10.3. The van der Waals surface area contributed by atoms with Crippen LogP contribution < -0.4 is 5.73 Å². The molecule has 0 spiro atoms. The lowest BCUT2D eigenvalue weighted by Gasteiger charge is -2.25. The van der Waals surface area contributed by atoms with E-state index in [4.69, 9.17) is 5.73 Å². The first kappa shape index (κ1) is 9.34. The number of nitrogens with two attached hydrogens (primary N) is 1. The Bertz CT molecular complexity index is 356. The summed E-state index contributed by atoms with van der Waals surface area (Å²) in [5, 5.41) is 18.5. The Morgan fingerprint density at radius 3 is 2.43 bits per heavy atom. The summed E-state index contributed by atoms with van der Waals surface area (Å²) >= 11 is 0. The van der Waals surface area contributed by atoms with E-state index in [0.29, 0.717) is 5.92 Å². The van der Waals surface area contributed by atoms with Crippen molar-refractivity contribution in [1.29, 1.82) is 0 Å². The molecule has 3 nitrogen and oxygen atoms in total. The summed E-state index contributed by atoms with van der Waals surface area (Å²) in [6.07, 6.45) is 2.29. The SMILES string of the molecule is CC(N)(c1ccc(O)c(O)c1)C1CC1. The largest absolute Gasteiger partial charge is 0.504 e. The molecule has 1 saturated carbocycles. The molecule has 0 aliphatic heterocycles. The van der Waals surface area contributed by atoms with Crippen LogP contribution in [-0.2, 0) is 5.54 Å². The van der Waals surface area contributed by atoms with E-state index in [2.05, 4.69) is 0 Å². The Morgan fingerprint density at radius 1 is 1.29 bits per heavy atom. The molecule has 4 N–H and O–H groups in total. The number of phenolic OH excluding ortho intramolecular Hbond substituents is 2. The third-order valence-electron chi connectivity index (χ3n) is 3.02. The van der Waals surface area contributed by atoms with Crippen LogP contribution in [-0.4, -0.2) is 10.2 Å². The van der Waals surface area contributed by atoms with Gasteiger partial charge in [-0.15, -0.1) is 0 Å². The van der Waals surface area contributed by atoms with E-state index in [1.54, 1.807) is 12.1 Å². The Kier molecular flexibility index (Phi) is 1.93. The van der Waals surface area contributed by atoms with Crippen molar-refractivity contribution in [2.24, 2.45) is 11.7 Å². The van der Waals surface area contributed by atoms with Crippen molar-refractivity contribution in [1.82, 2.24) is 0 Å². The molecule has 0 bridgehead atoms. The predicted octanol–water partition coefficient (Wildman–Crippen LogP) is 1.68. The predicted molar refractivity (Wildman–Crippen MR) is 54.0 cm³/mol. The number of hydrogen-bond acceptors (Lipinski definition) is 3. The summed E-state index contributed by atoms with van der Waals surface area (Å²) < 4.78 is 0. The average Bonchev–Trinajstić information content (AvgIpc) is 2.92. The van der Waals surface area contributed by atoms with Gasteiger partial charge in [0.15, 0.2) is 11.5 Å². The van der Waals surface area contributed by atoms with E-state index in [1.807, 2.05) is 6.92 Å². The maximum atomic E-state index is 9.36. The van der Waals surface area contributed by atoms with E-state index in [0.717, 1.165) is 18.4 Å². The minimum Gasteiger partial charge on any atom is -0.504 e. The third kappa shape index (κ3) is 1.44. The monoisotopic (exact) mass is 193 g/mol. The number of rotatable bonds is 2. The minimum absolute atomic E-state index is 0.0969. The van der Waals surface area contributed by atoms with E-state index in [1.165, 1.54) is 6.07 Å². The Balaban J connectivity index is 2.36. The van der Waals surface area contributed by atoms with Crippen LogP contribution >= 0.6 is 0 Å². The average molecular weight is 193 g/mol. The second kappa shape index (κ2) is 2.89. The zero-order valence-corrected chi connectivity index (χ0v) is 8.20. The molecule has 1 unspecified atom stereocenters. The fourth-order valence-corrected chi connectivity index (χ4v) is 1.78. The van der Waals surface area contributed by atoms with Crippen molar-refractivity contribution in [3.8, 4) is 11.5 Å². The molecule has 0 saturated heterocycles. The first-order valence-corrected chi connectivity index (χ1v) is 4.83. The molecule has 1 aromatic rings. The maximum Gasteiger partial charge on any atom is 0.157 e. The molecule has 2 rings (SSSR count). The normalized spacial score (nSPS) is 20.4. The van der Waals surface area contributed by atoms with Crippen molar-refractivity contribution < 1.29 is 10.2 Å². The first-order valence-electron chi connectivity index (χ1n) is 4.83. The highest BCUT2D eigenvalue weighted by molar-refractivity contribution is 5.43. The Labute approximate surface area is 83.2 Å². The van der Waals surface area contributed by atoms with Gasteiger partial charge in [-0.1, -0.05) is 6.07 Å². The van der Waals surface area contributed by atoms with Crippen molar-refractivity contribution in [2.45, 2.75) is 25.3 Å². The molecule has 14 heavy (non-hydrogen) atoms. The highest BCUT2D eigenvalue weighted by Gasteiger charge is 2.39. The summed E-state index contributed by atoms with van der Waals surface area (Å²) in [5.74, 6) is 0.312. The van der Waals surface area contributed by atoms with Crippen molar-refractivity contribution in [3.63, 3.8) is 0 Å². The topological polar surface area (TPSA) is 66.5 Å². The van der Waals surface area contributed by atoms with Gasteiger partial charge in [0.2, 0.25) is 0 Å². The van der Waals surface area contributed by atoms with Gasteiger partial charge in [0.25, 0.3) is 0 Å². The molecule has 3 heteroatoms. The van der Waals surface area contributed by atoms with Gasteiger partial charge in [-0.05, 0) is 43.4 Å². The lowest BCUT2D eigenvalue weighted by Crippen LogP contribution is -2.35. The zero-order valence-electron chi connectivity index (χ0n) is 8.20. The van der Waals surface area contributed by atoms with Gasteiger partial charge in [-0.2, -0.15) is 0 Å². The third-order valence-corrected chi connectivity index (χ3v) is 3.02. The summed E-state index contributed by atoms with van der Waals surface area (Å²) in [6, 6.07) is 4.80. The van der Waals surface area contributed by atoms with Gasteiger partial charge < -0.3 is 15.9 Å². The van der Waals surface area contributed by atoms with Crippen molar-refractivity contribution in [2.75, 3.05) is 0 Å². The summed E-state index contributed by atoms with van der Waals surface area (Å²) in [7, 11) is 0. The minimum atomic E-state index is -0.384. The van der Waals surface area contributed by atoms with Crippen LogP contribution in [0.15, 0.2) is 18.2 Å². The molecule has 1 aromatic carbocycles. The van der Waals surface area contributed by atoms with Gasteiger partial charge in [0.05, 0.1) is 0 Å². The highest BCUT2D eigenvalue weighted by Crippen LogP contribution is 2.44. The maximum absolute atomic E-state index is 9.36. The molecule has 0 radical (unpaired) electrons. The first-order chi connectivity index (χ1) is 6.51. The van der Waals surface area contributed by atoms with Crippen molar-refractivity contribution >= 4 is 0 Å². The van der Waals surface area contributed by atoms with Crippen LogP contribution in [0.2, 0.25) is 0 Å². The van der Waals surface area contributed by atoms with Crippen molar-refractivity contribution in [3.05, 3.63) is 23.8 Å². The summed E-state index contributed by atoms with van der Waals surface area (Å²) in [5.41, 5.74) is 6.67. The molecular formula is C11H15NO2. The van der Waals surface area contributed by atoms with Crippen LogP contribution in [0.3, 0.4) is 0 Å². The van der Waals surface area contributed by atoms with Gasteiger partial charge in [-0.25, -0.2) is 0 Å². The second-order valence-corrected chi connectivity index (χ2v) is 4.26. The fourth-order valence-electron chi connectivity index (χ4n) is 1.78. The Morgan fingerprint density at radius 2 is 1.93 bits per heavy atom. The molecule has 0 aromatic heterocycles. The van der Waals surface area contributed by atoms with Gasteiger partial charge in [-0.3, -0.25) is 0 Å². The van der Waals surface area contributed by atoms with E-state index < -0.39 is 0 Å². The second-order valence-electron chi connectivity index (χ2n) is 4.26. The molecule has 1 aliphatic rings. The van der Waals surface area contributed by atoms with Crippen LogP contribution in [0.4, 0.5) is 0 Å². The molecule has 0 heterocycles. The Hall–Kier alpha value is -1.22.